The third-order valence-electron chi connectivity index (χ3n) is 3.59. The van der Waals surface area contributed by atoms with Gasteiger partial charge in [-0.2, -0.15) is 0 Å². The summed E-state index contributed by atoms with van der Waals surface area (Å²) in [6.45, 7) is 8.65. The first kappa shape index (κ1) is 17.9. The van der Waals surface area contributed by atoms with Gasteiger partial charge in [0.15, 0.2) is 0 Å². The van der Waals surface area contributed by atoms with Crippen molar-refractivity contribution in [1.29, 1.82) is 0 Å². The molecule has 1 N–H and O–H groups in total. The number of aromatic nitrogens is 2. The number of nitrogens with zero attached hydrogens (tertiary/aromatic N) is 3. The van der Waals surface area contributed by atoms with Crippen molar-refractivity contribution in [2.24, 2.45) is 5.92 Å². The first-order valence-corrected chi connectivity index (χ1v) is 8.37. The van der Waals surface area contributed by atoms with E-state index < -0.39 is 5.60 Å². The Bertz CT molecular complexity index is 533. The smallest absolute Gasteiger partial charge is 0.410 e. The Morgan fingerprint density at radius 3 is 3.00 bits per heavy atom. The predicted octanol–water partition coefficient (Wildman–Crippen LogP) is 2.87. The first-order valence-electron chi connectivity index (χ1n) is 7.99. The zero-order chi connectivity index (χ0) is 16.9. The highest BCUT2D eigenvalue weighted by molar-refractivity contribution is 6.28. The van der Waals surface area contributed by atoms with E-state index in [1.165, 1.54) is 0 Å². The monoisotopic (exact) mass is 340 g/mol. The molecule has 1 aliphatic heterocycles. The van der Waals surface area contributed by atoms with Crippen molar-refractivity contribution in [3.8, 4) is 0 Å². The van der Waals surface area contributed by atoms with Gasteiger partial charge in [-0.1, -0.05) is 0 Å². The van der Waals surface area contributed by atoms with Gasteiger partial charge >= 0.3 is 6.09 Å². The molecule has 0 aliphatic carbocycles. The number of carbonyl (C=O) groups is 1. The molecule has 1 saturated heterocycles. The second-order valence-corrected chi connectivity index (χ2v) is 7.22. The van der Waals surface area contributed by atoms with Crippen LogP contribution in [0.25, 0.3) is 0 Å². The molecule has 0 spiro atoms. The third kappa shape index (κ3) is 6.31. The van der Waals surface area contributed by atoms with Crippen LogP contribution in [0.5, 0.6) is 0 Å². The molecule has 1 amide bonds. The number of halogens is 1. The molecular weight excluding hydrogens is 316 g/mol. The number of rotatable bonds is 4. The van der Waals surface area contributed by atoms with Crippen LogP contribution < -0.4 is 5.32 Å². The first-order chi connectivity index (χ1) is 10.8. The molecule has 128 valence electrons. The molecule has 0 bridgehead atoms. The molecule has 0 radical (unpaired) electrons. The van der Waals surface area contributed by atoms with E-state index in [4.69, 9.17) is 16.3 Å². The average molecular weight is 341 g/mol. The summed E-state index contributed by atoms with van der Waals surface area (Å²) in [5.41, 5.74) is 0.416. The summed E-state index contributed by atoms with van der Waals surface area (Å²) in [5, 5.41) is 3.64. The fourth-order valence-electron chi connectivity index (χ4n) is 2.60. The van der Waals surface area contributed by atoms with Crippen molar-refractivity contribution < 1.29 is 9.53 Å². The van der Waals surface area contributed by atoms with Gasteiger partial charge in [0.25, 0.3) is 0 Å². The highest BCUT2D eigenvalue weighted by Gasteiger charge is 2.27. The minimum absolute atomic E-state index is 0.218. The molecule has 1 aromatic heterocycles. The van der Waals surface area contributed by atoms with E-state index >= 15 is 0 Å². The van der Waals surface area contributed by atoms with Crippen LogP contribution in [0, 0.1) is 5.92 Å². The number of likely N-dealkylation sites (tertiary alicyclic amines) is 1. The minimum Gasteiger partial charge on any atom is -0.444 e. The summed E-state index contributed by atoms with van der Waals surface area (Å²) in [5.74, 6) is 0.425. The number of amides is 1. The molecule has 1 aliphatic rings. The number of nitrogens with one attached hydrogen (secondary N) is 1. The molecule has 1 atom stereocenters. The molecular formula is C16H25ClN4O2. The molecule has 0 unspecified atom stereocenters. The molecule has 7 heteroatoms. The molecule has 23 heavy (non-hydrogen) atoms. The number of hydrogen-bond acceptors (Lipinski definition) is 5. The Labute approximate surface area is 142 Å². The van der Waals surface area contributed by atoms with E-state index in [1.807, 2.05) is 31.7 Å². The van der Waals surface area contributed by atoms with Gasteiger partial charge in [-0.15, -0.1) is 0 Å². The van der Waals surface area contributed by atoms with Gasteiger partial charge < -0.3 is 15.0 Å². The van der Waals surface area contributed by atoms with Crippen LogP contribution in [0.4, 0.5) is 4.79 Å². The third-order valence-corrected chi connectivity index (χ3v) is 3.78. The van der Waals surface area contributed by atoms with Gasteiger partial charge in [0.1, 0.15) is 5.60 Å². The Kier molecular flexibility index (Phi) is 6.18. The van der Waals surface area contributed by atoms with Crippen LogP contribution in [0.1, 0.15) is 39.3 Å². The van der Waals surface area contributed by atoms with Crippen LogP contribution in [0.3, 0.4) is 0 Å². The molecule has 2 heterocycles. The second-order valence-electron chi connectivity index (χ2n) is 6.88. The summed E-state index contributed by atoms with van der Waals surface area (Å²) in [6.07, 6.45) is 3.55. The van der Waals surface area contributed by atoms with E-state index in [0.29, 0.717) is 12.5 Å². The van der Waals surface area contributed by atoms with Crippen molar-refractivity contribution in [3.63, 3.8) is 0 Å². The molecule has 1 aromatic rings. The number of ether oxygens (including phenoxy) is 1. The van der Waals surface area contributed by atoms with Gasteiger partial charge in [0.05, 0.1) is 5.69 Å². The Balaban J connectivity index is 1.76. The fraction of sp³-hybridized carbons (Fsp3) is 0.688. The molecule has 1 fully saturated rings. The van der Waals surface area contributed by atoms with Crippen LogP contribution in [-0.4, -0.2) is 46.2 Å². The Hall–Kier alpha value is -1.40. The zero-order valence-electron chi connectivity index (χ0n) is 14.0. The van der Waals surface area contributed by atoms with E-state index in [0.717, 1.165) is 38.2 Å². The van der Waals surface area contributed by atoms with Gasteiger partial charge in [0.2, 0.25) is 5.28 Å². The van der Waals surface area contributed by atoms with Gasteiger partial charge in [-0.3, -0.25) is 0 Å². The highest BCUT2D eigenvalue weighted by atomic mass is 35.5. The zero-order valence-corrected chi connectivity index (χ0v) is 14.8. The summed E-state index contributed by atoms with van der Waals surface area (Å²) < 4.78 is 5.45. The Morgan fingerprint density at radius 1 is 1.52 bits per heavy atom. The standard InChI is InChI=1S/C16H25ClN4O2/c1-16(2,3)23-15(22)21-8-4-5-12(11-21)9-18-10-13-6-7-19-14(17)20-13/h6-7,12,18H,4-5,8-11H2,1-3H3/t12-/m0/s1. The summed E-state index contributed by atoms with van der Waals surface area (Å²) in [7, 11) is 0. The predicted molar refractivity (Wildman–Crippen MR) is 89.3 cm³/mol. The van der Waals surface area contributed by atoms with E-state index in [2.05, 4.69) is 15.3 Å². The topological polar surface area (TPSA) is 67.3 Å². The van der Waals surface area contributed by atoms with Crippen molar-refractivity contribution in [3.05, 3.63) is 23.2 Å². The van der Waals surface area contributed by atoms with Crippen LogP contribution in [0.15, 0.2) is 12.3 Å². The van der Waals surface area contributed by atoms with Gasteiger partial charge in [-0.05, 0) is 57.2 Å². The van der Waals surface area contributed by atoms with Gasteiger partial charge in [-0.25, -0.2) is 14.8 Å². The second kappa shape index (κ2) is 7.93. The van der Waals surface area contributed by atoms with E-state index in [9.17, 15) is 4.79 Å². The van der Waals surface area contributed by atoms with Crippen molar-refractivity contribution in [2.75, 3.05) is 19.6 Å². The molecule has 0 saturated carbocycles. The maximum atomic E-state index is 12.1. The number of piperidine rings is 1. The van der Waals surface area contributed by atoms with E-state index in [-0.39, 0.29) is 11.4 Å². The lowest BCUT2D eigenvalue weighted by Gasteiger charge is -2.34. The number of carbonyl (C=O) groups excluding carboxylic acids is 1. The van der Waals surface area contributed by atoms with Crippen LogP contribution in [0.2, 0.25) is 5.28 Å². The lowest BCUT2D eigenvalue weighted by molar-refractivity contribution is 0.0166. The maximum Gasteiger partial charge on any atom is 0.410 e. The van der Waals surface area contributed by atoms with Crippen LogP contribution >= 0.6 is 11.6 Å². The van der Waals surface area contributed by atoms with Crippen molar-refractivity contribution >= 4 is 17.7 Å². The largest absolute Gasteiger partial charge is 0.444 e. The molecule has 0 aromatic carbocycles. The number of hydrogen-bond donors (Lipinski definition) is 1. The normalized spacial score (nSPS) is 18.8. The quantitative estimate of drug-likeness (QED) is 0.854. The summed E-state index contributed by atoms with van der Waals surface area (Å²) in [4.78, 5) is 22.0. The maximum absolute atomic E-state index is 12.1. The summed E-state index contributed by atoms with van der Waals surface area (Å²) >= 11 is 5.77. The SMILES string of the molecule is CC(C)(C)OC(=O)N1CCC[C@@H](CNCc2ccnc(Cl)n2)C1. The Morgan fingerprint density at radius 2 is 2.30 bits per heavy atom. The average Bonchev–Trinajstić information content (AvgIpc) is 2.46. The van der Waals surface area contributed by atoms with Crippen molar-refractivity contribution in [1.82, 2.24) is 20.2 Å². The molecule has 6 nitrogen and oxygen atoms in total. The highest BCUT2D eigenvalue weighted by Crippen LogP contribution is 2.19. The van der Waals surface area contributed by atoms with Gasteiger partial charge in [0, 0.05) is 32.4 Å². The molecule has 2 rings (SSSR count). The lowest BCUT2D eigenvalue weighted by Crippen LogP contribution is -2.45. The van der Waals surface area contributed by atoms with Crippen LogP contribution in [-0.2, 0) is 11.3 Å². The van der Waals surface area contributed by atoms with E-state index in [1.54, 1.807) is 6.20 Å². The lowest BCUT2D eigenvalue weighted by atomic mass is 9.98. The summed E-state index contributed by atoms with van der Waals surface area (Å²) in [6, 6.07) is 1.84. The minimum atomic E-state index is -0.450. The fourth-order valence-corrected chi connectivity index (χ4v) is 2.76. The van der Waals surface area contributed by atoms with Crippen molar-refractivity contribution in [2.45, 2.75) is 45.8 Å².